The number of morpholine rings is 1. The molecule has 9 nitrogen and oxygen atoms in total. The fourth-order valence-electron chi connectivity index (χ4n) is 6.22. The standard InChI is InChI=1S/C23H39N3O6S/c1-31-13-12-26-20-7-9-25(21(27)17-19-5-3-2-4-6-19)18-23(20,8-16-33(26,29)30)22(28)24-10-14-32-15-11-24/h19-20H,2-18H2,1H3/t20-,23+/m1/s1. The number of hydrogen-bond acceptors (Lipinski definition) is 6. The highest BCUT2D eigenvalue weighted by Gasteiger charge is 2.58. The quantitative estimate of drug-likeness (QED) is 0.559. The fourth-order valence-corrected chi connectivity index (χ4v) is 8.13. The van der Waals surface area contributed by atoms with E-state index in [0.717, 1.165) is 12.8 Å². The molecule has 0 aromatic heterocycles. The van der Waals surface area contributed by atoms with Crippen LogP contribution in [0.15, 0.2) is 0 Å². The topological polar surface area (TPSA) is 96.5 Å². The van der Waals surface area contributed by atoms with E-state index in [-0.39, 0.29) is 37.1 Å². The monoisotopic (exact) mass is 485 g/mol. The molecule has 1 saturated carbocycles. The molecule has 3 heterocycles. The lowest BCUT2D eigenvalue weighted by atomic mass is 9.71. The molecule has 2 atom stereocenters. The molecule has 188 valence electrons. The second-order valence-electron chi connectivity index (χ2n) is 10.1. The van der Waals surface area contributed by atoms with Crippen LogP contribution >= 0.6 is 0 Å². The number of hydrogen-bond donors (Lipinski definition) is 0. The largest absolute Gasteiger partial charge is 0.383 e. The Bertz CT molecular complexity index is 809. The first-order valence-electron chi connectivity index (χ1n) is 12.5. The maximum absolute atomic E-state index is 14.0. The Morgan fingerprint density at radius 3 is 2.45 bits per heavy atom. The first-order chi connectivity index (χ1) is 15.9. The third kappa shape index (κ3) is 5.23. The van der Waals surface area contributed by atoms with Crippen LogP contribution in [0.3, 0.4) is 0 Å². The van der Waals surface area contributed by atoms with Gasteiger partial charge in [-0.05, 0) is 31.6 Å². The number of methoxy groups -OCH3 is 1. The number of nitrogens with zero attached hydrogens (tertiary/aromatic N) is 3. The minimum atomic E-state index is -3.47. The second-order valence-corrected chi connectivity index (χ2v) is 12.1. The summed E-state index contributed by atoms with van der Waals surface area (Å²) in [6.07, 6.45) is 7.10. The minimum Gasteiger partial charge on any atom is -0.383 e. The molecule has 33 heavy (non-hydrogen) atoms. The highest BCUT2D eigenvalue weighted by atomic mass is 32.2. The van der Waals surface area contributed by atoms with Crippen LogP contribution in [-0.2, 0) is 29.1 Å². The van der Waals surface area contributed by atoms with Crippen molar-refractivity contribution >= 4 is 21.8 Å². The average molecular weight is 486 g/mol. The van der Waals surface area contributed by atoms with E-state index in [0.29, 0.717) is 58.2 Å². The normalized spacial score (nSPS) is 31.2. The van der Waals surface area contributed by atoms with Crippen LogP contribution < -0.4 is 0 Å². The van der Waals surface area contributed by atoms with E-state index in [4.69, 9.17) is 9.47 Å². The van der Waals surface area contributed by atoms with Crippen molar-refractivity contribution in [2.45, 2.75) is 57.4 Å². The van der Waals surface area contributed by atoms with Crippen molar-refractivity contribution in [3.05, 3.63) is 0 Å². The number of piperidine rings is 1. The molecule has 0 radical (unpaired) electrons. The number of rotatable bonds is 6. The van der Waals surface area contributed by atoms with E-state index in [9.17, 15) is 18.0 Å². The van der Waals surface area contributed by atoms with Gasteiger partial charge in [0.2, 0.25) is 21.8 Å². The average Bonchev–Trinajstić information content (AvgIpc) is 2.83. The van der Waals surface area contributed by atoms with Crippen LogP contribution in [-0.4, -0.2) is 106 Å². The van der Waals surface area contributed by atoms with Crippen molar-refractivity contribution in [1.82, 2.24) is 14.1 Å². The van der Waals surface area contributed by atoms with Gasteiger partial charge in [0.25, 0.3) is 0 Å². The zero-order valence-corrected chi connectivity index (χ0v) is 20.7. The second kappa shape index (κ2) is 10.6. The van der Waals surface area contributed by atoms with Gasteiger partial charge in [-0.3, -0.25) is 9.59 Å². The number of amides is 2. The van der Waals surface area contributed by atoms with Crippen molar-refractivity contribution in [2.24, 2.45) is 11.3 Å². The van der Waals surface area contributed by atoms with Crippen molar-refractivity contribution in [2.75, 3.05) is 65.4 Å². The van der Waals surface area contributed by atoms with Gasteiger partial charge in [0, 0.05) is 52.3 Å². The molecule has 0 aromatic carbocycles. The molecular weight excluding hydrogens is 446 g/mol. The first-order valence-corrected chi connectivity index (χ1v) is 14.1. The Morgan fingerprint density at radius 2 is 1.76 bits per heavy atom. The summed E-state index contributed by atoms with van der Waals surface area (Å²) in [7, 11) is -1.92. The summed E-state index contributed by atoms with van der Waals surface area (Å²) in [4.78, 5) is 30.9. The lowest BCUT2D eigenvalue weighted by molar-refractivity contribution is -0.158. The number of likely N-dealkylation sites (tertiary alicyclic amines) is 1. The molecule has 0 N–H and O–H groups in total. The van der Waals surface area contributed by atoms with E-state index in [2.05, 4.69) is 0 Å². The maximum atomic E-state index is 14.0. The van der Waals surface area contributed by atoms with Gasteiger partial charge in [-0.1, -0.05) is 19.3 Å². The van der Waals surface area contributed by atoms with Crippen molar-refractivity contribution in [3.63, 3.8) is 0 Å². The third-order valence-electron chi connectivity index (χ3n) is 8.08. The molecule has 2 amide bonds. The van der Waals surface area contributed by atoms with Crippen LogP contribution in [0.1, 0.15) is 51.4 Å². The summed E-state index contributed by atoms with van der Waals surface area (Å²) in [5, 5.41) is 0. The van der Waals surface area contributed by atoms with E-state index in [1.807, 2.05) is 9.80 Å². The molecule has 4 fully saturated rings. The van der Waals surface area contributed by atoms with Gasteiger partial charge in [0.05, 0.1) is 31.0 Å². The molecule has 3 saturated heterocycles. The van der Waals surface area contributed by atoms with Gasteiger partial charge in [-0.2, -0.15) is 4.31 Å². The van der Waals surface area contributed by atoms with Crippen molar-refractivity contribution in [3.8, 4) is 0 Å². The van der Waals surface area contributed by atoms with Gasteiger partial charge in [0.15, 0.2) is 0 Å². The lowest BCUT2D eigenvalue weighted by Crippen LogP contribution is -2.69. The van der Waals surface area contributed by atoms with Gasteiger partial charge < -0.3 is 19.3 Å². The maximum Gasteiger partial charge on any atom is 0.232 e. The predicted octanol–water partition coefficient (Wildman–Crippen LogP) is 1.08. The van der Waals surface area contributed by atoms with Crippen LogP contribution in [0.5, 0.6) is 0 Å². The first kappa shape index (κ1) is 24.9. The molecule has 3 aliphatic heterocycles. The van der Waals surface area contributed by atoms with E-state index in [1.54, 1.807) is 7.11 Å². The lowest BCUT2D eigenvalue weighted by Gasteiger charge is -2.54. The number of fused-ring (bicyclic) bond motifs is 1. The Kier molecular flexibility index (Phi) is 7.98. The Hall–Kier alpha value is -1.23. The van der Waals surface area contributed by atoms with Crippen LogP contribution in [0.2, 0.25) is 0 Å². The summed E-state index contributed by atoms with van der Waals surface area (Å²) < 4.78 is 38.1. The number of sulfonamides is 1. The minimum absolute atomic E-state index is 0.0247. The molecule has 1 aliphatic carbocycles. The number of carbonyl (C=O) groups excluding carboxylic acids is 2. The molecule has 0 bridgehead atoms. The van der Waals surface area contributed by atoms with Crippen LogP contribution in [0.25, 0.3) is 0 Å². The van der Waals surface area contributed by atoms with Gasteiger partial charge >= 0.3 is 0 Å². The number of carbonyl (C=O) groups is 2. The summed E-state index contributed by atoms with van der Waals surface area (Å²) >= 11 is 0. The van der Waals surface area contributed by atoms with Crippen LogP contribution in [0.4, 0.5) is 0 Å². The molecule has 0 aromatic rings. The van der Waals surface area contributed by atoms with Gasteiger partial charge in [-0.25, -0.2) is 8.42 Å². The van der Waals surface area contributed by atoms with E-state index < -0.39 is 21.5 Å². The smallest absolute Gasteiger partial charge is 0.232 e. The van der Waals surface area contributed by atoms with Gasteiger partial charge in [-0.15, -0.1) is 0 Å². The molecule has 4 aliphatic rings. The Morgan fingerprint density at radius 1 is 1.03 bits per heavy atom. The highest BCUT2D eigenvalue weighted by molar-refractivity contribution is 7.89. The Labute approximate surface area is 197 Å². The van der Waals surface area contributed by atoms with Crippen molar-refractivity contribution < 1.29 is 27.5 Å². The zero-order chi connectivity index (χ0) is 23.5. The van der Waals surface area contributed by atoms with Crippen LogP contribution in [0, 0.1) is 11.3 Å². The predicted molar refractivity (Wildman–Crippen MR) is 123 cm³/mol. The summed E-state index contributed by atoms with van der Waals surface area (Å²) in [6.45, 7) is 3.30. The molecule has 0 unspecified atom stereocenters. The zero-order valence-electron chi connectivity index (χ0n) is 19.9. The highest BCUT2D eigenvalue weighted by Crippen LogP contribution is 2.44. The summed E-state index contributed by atoms with van der Waals surface area (Å²) in [5.74, 6) is 0.447. The number of ether oxygens (including phenoxy) is 2. The van der Waals surface area contributed by atoms with E-state index >= 15 is 0 Å². The molecule has 0 spiro atoms. The van der Waals surface area contributed by atoms with E-state index in [1.165, 1.54) is 23.6 Å². The fraction of sp³-hybridized carbons (Fsp3) is 0.913. The third-order valence-corrected chi connectivity index (χ3v) is 9.95. The molecule has 4 rings (SSSR count). The van der Waals surface area contributed by atoms with Crippen molar-refractivity contribution in [1.29, 1.82) is 0 Å². The van der Waals surface area contributed by atoms with Gasteiger partial charge in [0.1, 0.15) is 0 Å². The Balaban J connectivity index is 1.59. The molecule has 10 heteroatoms. The summed E-state index contributed by atoms with van der Waals surface area (Å²) in [6, 6.07) is -0.444. The molecular formula is C23H39N3O6S. The SMILES string of the molecule is COCCN1[C@@H]2CCN(C(=O)CC3CCCCC3)C[C@@]2(C(=O)N2CCOCC2)CCS1(=O)=O. The summed E-state index contributed by atoms with van der Waals surface area (Å²) in [5.41, 5.74) is -0.906.